The number of methoxy groups -OCH3 is 1. The Bertz CT molecular complexity index is 1280. The van der Waals surface area contributed by atoms with Crippen LogP contribution in [0.1, 0.15) is 38.3 Å². The van der Waals surface area contributed by atoms with Crippen molar-refractivity contribution in [1.29, 1.82) is 0 Å². The first-order valence-electron chi connectivity index (χ1n) is 11.6. The van der Waals surface area contributed by atoms with Gasteiger partial charge in [-0.25, -0.2) is 4.98 Å². The van der Waals surface area contributed by atoms with Gasteiger partial charge in [0.25, 0.3) is 0 Å². The summed E-state index contributed by atoms with van der Waals surface area (Å²) in [6.45, 7) is 6.65. The second-order valence-electron chi connectivity index (χ2n) is 9.41. The number of nitrogens with zero attached hydrogens (tertiary/aromatic N) is 4. The first-order chi connectivity index (χ1) is 16.7. The highest BCUT2D eigenvalue weighted by Gasteiger charge is 2.20. The number of aromatic nitrogens is 4. The standard InChI is InChI=1S/C26H33N7O2/c1-17(13-26(2,3)34)30-25-31-23(28-14-19-12-20(35-4)10-11-21(19)27)22-24(32-25)33(16-29-22)15-18-8-6-5-7-9-18/h5-12,16-17,34H,13-15,27H2,1-4H3,(H2,28,30,31,32). The Balaban J connectivity index is 1.67. The predicted octanol–water partition coefficient (Wildman–Crippen LogP) is 4.04. The maximum absolute atomic E-state index is 10.2. The molecule has 1 atom stereocenters. The van der Waals surface area contributed by atoms with E-state index in [1.165, 1.54) is 0 Å². The van der Waals surface area contributed by atoms with E-state index in [-0.39, 0.29) is 6.04 Å². The van der Waals surface area contributed by atoms with Crippen LogP contribution in [0.25, 0.3) is 11.2 Å². The van der Waals surface area contributed by atoms with Crippen LogP contribution < -0.4 is 21.1 Å². The Morgan fingerprint density at radius 2 is 1.91 bits per heavy atom. The van der Waals surface area contributed by atoms with Gasteiger partial charge in [-0.15, -0.1) is 0 Å². The molecule has 0 aliphatic rings. The number of ether oxygens (including phenoxy) is 1. The first kappa shape index (κ1) is 24.3. The molecule has 0 aliphatic carbocycles. The van der Waals surface area contributed by atoms with Gasteiger partial charge >= 0.3 is 0 Å². The lowest BCUT2D eigenvalue weighted by atomic mass is 10.0. The average Bonchev–Trinajstić information content (AvgIpc) is 3.20. The number of benzene rings is 2. The van der Waals surface area contributed by atoms with Crippen molar-refractivity contribution in [1.82, 2.24) is 19.5 Å². The normalized spacial score (nSPS) is 12.5. The predicted molar refractivity (Wildman–Crippen MR) is 140 cm³/mol. The fourth-order valence-electron chi connectivity index (χ4n) is 4.09. The molecule has 0 aliphatic heterocycles. The topological polar surface area (TPSA) is 123 Å². The lowest BCUT2D eigenvalue weighted by Crippen LogP contribution is -2.29. The van der Waals surface area contributed by atoms with E-state index < -0.39 is 5.60 Å². The Labute approximate surface area is 205 Å². The Hall–Kier alpha value is -3.85. The van der Waals surface area contributed by atoms with Crippen LogP contribution in [0.2, 0.25) is 0 Å². The summed E-state index contributed by atoms with van der Waals surface area (Å²) in [4.78, 5) is 14.1. The summed E-state index contributed by atoms with van der Waals surface area (Å²) in [5.41, 5.74) is 9.46. The lowest BCUT2D eigenvalue weighted by Gasteiger charge is -2.23. The molecule has 0 spiro atoms. The van der Waals surface area contributed by atoms with E-state index >= 15 is 0 Å². The van der Waals surface area contributed by atoms with Crippen LogP contribution in [0.3, 0.4) is 0 Å². The number of imidazole rings is 1. The van der Waals surface area contributed by atoms with Crippen LogP contribution >= 0.6 is 0 Å². The van der Waals surface area contributed by atoms with Gasteiger partial charge in [0.2, 0.25) is 5.95 Å². The molecule has 184 valence electrons. The molecule has 4 rings (SSSR count). The SMILES string of the molecule is COc1ccc(N)c(CNc2nc(NC(C)CC(C)(C)O)nc3c2ncn3Cc2ccccc2)c1. The monoisotopic (exact) mass is 475 g/mol. The molecule has 4 aromatic rings. The molecule has 9 heteroatoms. The number of fused-ring (bicyclic) bond motifs is 1. The van der Waals surface area contributed by atoms with E-state index in [2.05, 4.69) is 27.8 Å². The van der Waals surface area contributed by atoms with E-state index in [0.29, 0.717) is 48.1 Å². The van der Waals surface area contributed by atoms with Gasteiger partial charge in [-0.1, -0.05) is 30.3 Å². The number of aliphatic hydroxyl groups is 1. The number of nitrogen functional groups attached to an aromatic ring is 1. The van der Waals surface area contributed by atoms with E-state index in [9.17, 15) is 5.11 Å². The summed E-state index contributed by atoms with van der Waals surface area (Å²) in [7, 11) is 1.63. The molecule has 0 radical (unpaired) electrons. The summed E-state index contributed by atoms with van der Waals surface area (Å²) in [6, 6.07) is 15.7. The van der Waals surface area contributed by atoms with Gasteiger partial charge in [0, 0.05) is 18.3 Å². The summed E-state index contributed by atoms with van der Waals surface area (Å²) in [6.07, 6.45) is 2.32. The molecule has 2 heterocycles. The molecule has 35 heavy (non-hydrogen) atoms. The van der Waals surface area contributed by atoms with Crippen LogP contribution in [-0.4, -0.2) is 43.4 Å². The van der Waals surface area contributed by atoms with Gasteiger partial charge < -0.3 is 30.8 Å². The Kier molecular flexibility index (Phi) is 7.07. The van der Waals surface area contributed by atoms with E-state index in [0.717, 1.165) is 16.9 Å². The van der Waals surface area contributed by atoms with E-state index in [4.69, 9.17) is 20.4 Å². The Morgan fingerprint density at radius 1 is 1.14 bits per heavy atom. The molecular formula is C26H33N7O2. The van der Waals surface area contributed by atoms with Crippen LogP contribution in [0.5, 0.6) is 5.75 Å². The van der Waals surface area contributed by atoms with Crippen LogP contribution in [0, 0.1) is 0 Å². The zero-order valence-corrected chi connectivity index (χ0v) is 20.6. The molecule has 0 amide bonds. The number of hydrogen-bond acceptors (Lipinski definition) is 8. The molecule has 2 aromatic carbocycles. The third-order valence-electron chi connectivity index (χ3n) is 5.64. The van der Waals surface area contributed by atoms with Gasteiger partial charge in [0.15, 0.2) is 17.0 Å². The highest BCUT2D eigenvalue weighted by molar-refractivity contribution is 5.84. The van der Waals surface area contributed by atoms with Gasteiger partial charge in [0.05, 0.1) is 25.6 Å². The van der Waals surface area contributed by atoms with Crippen molar-refractivity contribution >= 4 is 28.6 Å². The highest BCUT2D eigenvalue weighted by Crippen LogP contribution is 2.25. The number of rotatable bonds is 10. The molecule has 0 fully saturated rings. The van der Waals surface area contributed by atoms with Gasteiger partial charge in [-0.05, 0) is 56.5 Å². The number of nitrogens with one attached hydrogen (secondary N) is 2. The summed E-state index contributed by atoms with van der Waals surface area (Å²) in [5.74, 6) is 1.80. The minimum Gasteiger partial charge on any atom is -0.497 e. The highest BCUT2D eigenvalue weighted by atomic mass is 16.5. The van der Waals surface area contributed by atoms with Crippen molar-refractivity contribution < 1.29 is 9.84 Å². The quantitative estimate of drug-likeness (QED) is 0.254. The summed E-state index contributed by atoms with van der Waals surface area (Å²) >= 11 is 0. The van der Waals surface area contributed by atoms with Crippen LogP contribution in [-0.2, 0) is 13.1 Å². The molecule has 0 bridgehead atoms. The van der Waals surface area contributed by atoms with E-state index in [1.807, 2.05) is 47.9 Å². The molecule has 1 unspecified atom stereocenters. The van der Waals surface area contributed by atoms with Crippen molar-refractivity contribution in [2.24, 2.45) is 0 Å². The van der Waals surface area contributed by atoms with Crippen LogP contribution in [0.4, 0.5) is 17.5 Å². The largest absolute Gasteiger partial charge is 0.497 e. The minimum atomic E-state index is -0.809. The van der Waals surface area contributed by atoms with Gasteiger partial charge in [-0.3, -0.25) is 0 Å². The Morgan fingerprint density at radius 3 is 2.63 bits per heavy atom. The fraction of sp³-hybridized carbons (Fsp3) is 0.346. The molecule has 2 aromatic heterocycles. The smallest absolute Gasteiger partial charge is 0.226 e. The number of anilines is 3. The van der Waals surface area contributed by atoms with Crippen LogP contribution in [0.15, 0.2) is 54.9 Å². The molecular weight excluding hydrogens is 442 g/mol. The van der Waals surface area contributed by atoms with Gasteiger partial charge in [0.1, 0.15) is 5.75 Å². The zero-order valence-electron chi connectivity index (χ0n) is 20.6. The van der Waals surface area contributed by atoms with E-state index in [1.54, 1.807) is 27.3 Å². The lowest BCUT2D eigenvalue weighted by molar-refractivity contribution is 0.0672. The average molecular weight is 476 g/mol. The second-order valence-corrected chi connectivity index (χ2v) is 9.41. The zero-order chi connectivity index (χ0) is 25.0. The maximum atomic E-state index is 10.2. The van der Waals surface area contributed by atoms with Crippen molar-refractivity contribution in [3.05, 3.63) is 66.0 Å². The molecule has 5 N–H and O–H groups in total. The fourth-order valence-corrected chi connectivity index (χ4v) is 4.09. The molecule has 0 saturated carbocycles. The van der Waals surface area contributed by atoms with Crippen molar-refractivity contribution in [2.45, 2.75) is 51.9 Å². The van der Waals surface area contributed by atoms with Gasteiger partial charge in [-0.2, -0.15) is 9.97 Å². The number of hydrogen-bond donors (Lipinski definition) is 4. The van der Waals surface area contributed by atoms with Crippen molar-refractivity contribution in [3.8, 4) is 5.75 Å². The summed E-state index contributed by atoms with van der Waals surface area (Å²) in [5, 5.41) is 16.9. The van der Waals surface area contributed by atoms with Crippen molar-refractivity contribution in [3.63, 3.8) is 0 Å². The third-order valence-corrected chi connectivity index (χ3v) is 5.64. The summed E-state index contributed by atoms with van der Waals surface area (Å²) < 4.78 is 7.34. The minimum absolute atomic E-state index is 0.0418. The first-order valence-corrected chi connectivity index (χ1v) is 11.6. The molecule has 9 nitrogen and oxygen atoms in total. The maximum Gasteiger partial charge on any atom is 0.226 e. The second kappa shape index (κ2) is 10.2. The van der Waals surface area contributed by atoms with Crippen molar-refractivity contribution in [2.75, 3.05) is 23.5 Å². The number of nitrogens with two attached hydrogens (primary N) is 1. The molecule has 0 saturated heterocycles. The third kappa shape index (κ3) is 6.19.